The molecule has 0 N–H and O–H groups in total. The second-order valence-corrected chi connectivity index (χ2v) is 5.72. The van der Waals surface area contributed by atoms with Gasteiger partial charge in [0.1, 0.15) is 0 Å². The van der Waals surface area contributed by atoms with E-state index in [1.807, 2.05) is 0 Å². The van der Waals surface area contributed by atoms with Gasteiger partial charge in [-0.1, -0.05) is 63.6 Å². The van der Waals surface area contributed by atoms with Crippen LogP contribution in [0.5, 0.6) is 0 Å². The minimum Gasteiger partial charge on any atom is -0.358 e. The van der Waals surface area contributed by atoms with E-state index in [0.29, 0.717) is 0 Å². The van der Waals surface area contributed by atoms with Crippen molar-refractivity contribution in [3.8, 4) is 0 Å². The molecule has 0 spiro atoms. The van der Waals surface area contributed by atoms with Gasteiger partial charge in [0.05, 0.1) is 0 Å². The van der Waals surface area contributed by atoms with E-state index in [0.717, 1.165) is 6.42 Å². The average molecular weight is 398 g/mol. The van der Waals surface area contributed by atoms with Gasteiger partial charge in [0.25, 0.3) is 0 Å². The first kappa shape index (κ1) is 25.0. The van der Waals surface area contributed by atoms with Crippen molar-refractivity contribution >= 4 is 0 Å². The summed E-state index contributed by atoms with van der Waals surface area (Å²) in [6.07, 6.45) is 1.05. The van der Waals surface area contributed by atoms with Gasteiger partial charge < -0.3 is 14.9 Å². The summed E-state index contributed by atoms with van der Waals surface area (Å²) in [5.41, 5.74) is 8.51. The van der Waals surface area contributed by atoms with Crippen LogP contribution in [0.2, 0.25) is 0 Å². The molecule has 1 heteroatoms. The van der Waals surface area contributed by atoms with E-state index in [4.69, 9.17) is 0 Å². The first-order valence-corrected chi connectivity index (χ1v) is 7.52. The summed E-state index contributed by atoms with van der Waals surface area (Å²) in [4.78, 5) is 0. The van der Waals surface area contributed by atoms with Gasteiger partial charge in [0.2, 0.25) is 0 Å². The summed E-state index contributed by atoms with van der Waals surface area (Å²) in [5, 5.41) is 0. The van der Waals surface area contributed by atoms with Crippen LogP contribution in [-0.4, -0.2) is 0 Å². The van der Waals surface area contributed by atoms with E-state index in [2.05, 4.69) is 88.4 Å². The summed E-state index contributed by atoms with van der Waals surface area (Å²) in [7, 11) is 0. The Morgan fingerprint density at radius 1 is 0.833 bits per heavy atom. The molecule has 0 fully saturated rings. The van der Waals surface area contributed by atoms with Crippen molar-refractivity contribution in [1.29, 1.82) is 0 Å². The van der Waals surface area contributed by atoms with Gasteiger partial charge in [-0.15, -0.1) is 0 Å². The molecule has 0 nitrogen and oxygen atoms in total. The maximum atomic E-state index is 2.24. The Hall–Kier alpha value is -1.20. The first-order chi connectivity index (χ1) is 10.1. The number of rotatable bonds is 2. The summed E-state index contributed by atoms with van der Waals surface area (Å²) < 4.78 is 0. The van der Waals surface area contributed by atoms with Crippen LogP contribution in [-0.2, 0) is 32.6 Å². The molecule has 0 amide bonds. The van der Waals surface area contributed by atoms with Gasteiger partial charge in [-0.25, -0.2) is 12.1 Å². The molecule has 0 aromatic heterocycles. The maximum Gasteiger partial charge on any atom is 4.00 e. The van der Waals surface area contributed by atoms with Crippen molar-refractivity contribution in [3.05, 3.63) is 109 Å². The molecule has 0 aliphatic rings. The normalized spacial score (nSPS) is 8.83. The van der Waals surface area contributed by atoms with Crippen molar-refractivity contribution < 1.29 is 26.2 Å². The number of benzene rings is 1. The Kier molecular flexibility index (Phi) is 12.7. The topological polar surface area (TPSA) is 0 Å². The fraction of sp³-hybridized carbons (Fsp3) is 0.217. The van der Waals surface area contributed by atoms with E-state index in [1.54, 1.807) is 0 Å². The van der Waals surface area contributed by atoms with Crippen LogP contribution >= 0.6 is 0 Å². The Labute approximate surface area is 168 Å². The third-order valence-electron chi connectivity index (χ3n) is 4.16. The van der Waals surface area contributed by atoms with Crippen LogP contribution in [0.15, 0.2) is 60.7 Å². The second kappa shape index (κ2) is 12.2. The Morgan fingerprint density at radius 2 is 1.38 bits per heavy atom. The van der Waals surface area contributed by atoms with Gasteiger partial charge >= 0.3 is 26.2 Å². The van der Waals surface area contributed by atoms with Crippen LogP contribution in [0, 0.1) is 42.5 Å². The molecule has 3 rings (SSSR count). The molecule has 0 heterocycles. The summed E-state index contributed by atoms with van der Waals surface area (Å²) >= 11 is 0. The monoisotopic (exact) mass is 396 g/mol. The van der Waals surface area contributed by atoms with Crippen molar-refractivity contribution in [1.82, 2.24) is 0 Å². The molecule has 0 bridgehead atoms. The molecule has 24 heavy (non-hydrogen) atoms. The minimum atomic E-state index is 0. The Balaban J connectivity index is 0. The standard InChI is InChI=1S/C12H11.C9H13.2CH3.Zr/c1-2-6-11(7-3-1)10-12-8-4-5-9-12;1-6-5-7(2)9(4)8(6)3;;;/h1-9H,10H2;5H,1-4H3;2*1H3;/q4*-1;+4. The van der Waals surface area contributed by atoms with Crippen LogP contribution in [0.4, 0.5) is 0 Å². The van der Waals surface area contributed by atoms with Gasteiger partial charge in [0.15, 0.2) is 0 Å². The predicted molar refractivity (Wildman–Crippen MR) is 105 cm³/mol. The SMILES string of the molecule is Cc1c[c-](C)c(C)c1C.[CH3-].[CH3-].[Zr+4].c1ccc(C[c-]2cccc2)cc1. The smallest absolute Gasteiger partial charge is 0.358 e. The van der Waals surface area contributed by atoms with Crippen LogP contribution < -0.4 is 0 Å². The molecule has 3 aromatic carbocycles. The van der Waals surface area contributed by atoms with Crippen LogP contribution in [0.1, 0.15) is 33.4 Å². The fourth-order valence-electron chi connectivity index (χ4n) is 2.50. The van der Waals surface area contributed by atoms with Crippen molar-refractivity contribution in [2.75, 3.05) is 0 Å². The molecule has 0 aliphatic carbocycles. The summed E-state index contributed by atoms with van der Waals surface area (Å²) in [5.74, 6) is 0. The average Bonchev–Trinajstić information content (AvgIpc) is 3.06. The molecular formula is C23H30Zr. The van der Waals surface area contributed by atoms with E-state index >= 15 is 0 Å². The molecule has 0 atom stereocenters. The third-order valence-corrected chi connectivity index (χ3v) is 4.16. The first-order valence-electron chi connectivity index (χ1n) is 7.52. The Morgan fingerprint density at radius 3 is 1.75 bits per heavy atom. The van der Waals surface area contributed by atoms with Gasteiger partial charge in [-0.3, -0.25) is 0 Å². The zero-order chi connectivity index (χ0) is 15.2. The van der Waals surface area contributed by atoms with E-state index in [-0.39, 0.29) is 41.1 Å². The van der Waals surface area contributed by atoms with Gasteiger partial charge in [0, 0.05) is 0 Å². The second-order valence-electron chi connectivity index (χ2n) is 5.72. The van der Waals surface area contributed by atoms with Gasteiger partial charge in [-0.05, 0) is 6.42 Å². The van der Waals surface area contributed by atoms with E-state index in [1.165, 1.54) is 33.4 Å². The molecular weight excluding hydrogens is 367 g/mol. The van der Waals surface area contributed by atoms with Crippen molar-refractivity contribution in [2.45, 2.75) is 34.1 Å². The molecule has 0 saturated carbocycles. The number of hydrogen-bond donors (Lipinski definition) is 0. The predicted octanol–water partition coefficient (Wildman–Crippen LogP) is 6.53. The van der Waals surface area contributed by atoms with Crippen molar-refractivity contribution in [3.63, 3.8) is 0 Å². The largest absolute Gasteiger partial charge is 4.00 e. The Bertz CT molecular complexity index is 635. The van der Waals surface area contributed by atoms with E-state index < -0.39 is 0 Å². The molecule has 3 aromatic rings. The molecule has 0 radical (unpaired) electrons. The summed E-state index contributed by atoms with van der Waals surface area (Å²) in [6.45, 7) is 8.68. The number of hydrogen-bond acceptors (Lipinski definition) is 0. The molecule has 0 saturated heterocycles. The maximum absolute atomic E-state index is 2.24. The van der Waals surface area contributed by atoms with Gasteiger partial charge in [-0.2, -0.15) is 46.0 Å². The zero-order valence-corrected chi connectivity index (χ0v) is 18.4. The van der Waals surface area contributed by atoms with Crippen LogP contribution in [0.25, 0.3) is 0 Å². The summed E-state index contributed by atoms with van der Waals surface area (Å²) in [6, 6.07) is 21.3. The van der Waals surface area contributed by atoms with Crippen molar-refractivity contribution in [2.24, 2.45) is 0 Å². The molecule has 126 valence electrons. The quantitative estimate of drug-likeness (QED) is 0.431. The molecule has 0 unspecified atom stereocenters. The molecule has 0 aliphatic heterocycles. The fourth-order valence-corrected chi connectivity index (χ4v) is 2.50. The van der Waals surface area contributed by atoms with E-state index in [9.17, 15) is 0 Å². The third kappa shape index (κ3) is 7.14. The number of aryl methyl sites for hydroxylation is 2. The minimum absolute atomic E-state index is 0. The van der Waals surface area contributed by atoms with Crippen LogP contribution in [0.3, 0.4) is 0 Å². The zero-order valence-electron chi connectivity index (χ0n) is 16.0.